The third kappa shape index (κ3) is 3.23. The van der Waals surface area contributed by atoms with E-state index in [9.17, 15) is 4.79 Å². The van der Waals surface area contributed by atoms with Crippen LogP contribution < -0.4 is 0 Å². The summed E-state index contributed by atoms with van der Waals surface area (Å²) in [4.78, 5) is 15.9. The van der Waals surface area contributed by atoms with Crippen molar-refractivity contribution in [3.8, 4) is 0 Å². The molecule has 2 heterocycles. The van der Waals surface area contributed by atoms with E-state index >= 15 is 0 Å². The Kier molecular flexibility index (Phi) is 4.22. The standard InChI is InChI=1S/C12H20N2O2/c15-12(14-5-2-1-3-6-14)4-7-13-8-10-16-11-9-13/h4,7H,1-3,5-6,8-11H2/b7-4+. The molecule has 0 aromatic heterocycles. The van der Waals surface area contributed by atoms with Gasteiger partial charge in [0.2, 0.25) is 5.91 Å². The number of ether oxygens (including phenoxy) is 1. The fraction of sp³-hybridized carbons (Fsp3) is 0.750. The molecule has 2 saturated heterocycles. The quantitative estimate of drug-likeness (QED) is 0.652. The van der Waals surface area contributed by atoms with Crippen LogP contribution in [0, 0.1) is 0 Å². The number of carbonyl (C=O) groups excluding carboxylic acids is 1. The van der Waals surface area contributed by atoms with E-state index < -0.39 is 0 Å². The molecule has 90 valence electrons. The monoisotopic (exact) mass is 224 g/mol. The van der Waals surface area contributed by atoms with E-state index in [4.69, 9.17) is 4.74 Å². The molecule has 4 nitrogen and oxygen atoms in total. The minimum Gasteiger partial charge on any atom is -0.378 e. The SMILES string of the molecule is O=C(/C=C/N1CCOCC1)N1CCCCC1. The maximum atomic E-state index is 11.8. The molecule has 0 atom stereocenters. The zero-order chi connectivity index (χ0) is 11.2. The minimum atomic E-state index is 0.159. The maximum Gasteiger partial charge on any atom is 0.248 e. The Morgan fingerprint density at radius 3 is 2.38 bits per heavy atom. The molecule has 2 rings (SSSR count). The number of piperidine rings is 1. The average molecular weight is 224 g/mol. The van der Waals surface area contributed by atoms with Gasteiger partial charge in [-0.25, -0.2) is 0 Å². The highest BCUT2D eigenvalue weighted by molar-refractivity contribution is 5.87. The van der Waals surface area contributed by atoms with E-state index in [1.54, 1.807) is 6.08 Å². The van der Waals surface area contributed by atoms with Crippen LogP contribution in [-0.4, -0.2) is 55.1 Å². The highest BCUT2D eigenvalue weighted by atomic mass is 16.5. The van der Waals surface area contributed by atoms with Gasteiger partial charge in [-0.05, 0) is 19.3 Å². The van der Waals surface area contributed by atoms with Crippen LogP contribution in [0.3, 0.4) is 0 Å². The first-order valence-corrected chi connectivity index (χ1v) is 6.15. The summed E-state index contributed by atoms with van der Waals surface area (Å²) >= 11 is 0. The van der Waals surface area contributed by atoms with Crippen LogP contribution in [0.5, 0.6) is 0 Å². The summed E-state index contributed by atoms with van der Waals surface area (Å²) in [5.41, 5.74) is 0. The van der Waals surface area contributed by atoms with Crippen LogP contribution in [0.25, 0.3) is 0 Å². The van der Waals surface area contributed by atoms with Crippen molar-refractivity contribution in [1.29, 1.82) is 0 Å². The third-order valence-electron chi connectivity index (χ3n) is 3.14. The van der Waals surface area contributed by atoms with Crippen molar-refractivity contribution in [2.24, 2.45) is 0 Å². The van der Waals surface area contributed by atoms with Crippen molar-refractivity contribution in [2.75, 3.05) is 39.4 Å². The summed E-state index contributed by atoms with van der Waals surface area (Å²) in [5.74, 6) is 0.159. The molecular formula is C12H20N2O2. The van der Waals surface area contributed by atoms with Crippen molar-refractivity contribution in [3.63, 3.8) is 0 Å². The molecule has 0 radical (unpaired) electrons. The van der Waals surface area contributed by atoms with Gasteiger partial charge in [0.25, 0.3) is 0 Å². The number of hydrogen-bond acceptors (Lipinski definition) is 3. The second-order valence-corrected chi connectivity index (χ2v) is 4.35. The maximum absolute atomic E-state index is 11.8. The molecule has 4 heteroatoms. The number of amides is 1. The summed E-state index contributed by atoms with van der Waals surface area (Å²) in [6.07, 6.45) is 7.18. The van der Waals surface area contributed by atoms with E-state index in [1.165, 1.54) is 6.42 Å². The number of carbonyl (C=O) groups is 1. The molecule has 0 spiro atoms. The smallest absolute Gasteiger partial charge is 0.248 e. The van der Waals surface area contributed by atoms with Crippen molar-refractivity contribution in [1.82, 2.24) is 9.80 Å². The topological polar surface area (TPSA) is 32.8 Å². The van der Waals surface area contributed by atoms with Crippen molar-refractivity contribution >= 4 is 5.91 Å². The van der Waals surface area contributed by atoms with Gasteiger partial charge in [0.15, 0.2) is 0 Å². The van der Waals surface area contributed by atoms with Crippen molar-refractivity contribution in [3.05, 3.63) is 12.3 Å². The first-order chi connectivity index (χ1) is 7.86. The summed E-state index contributed by atoms with van der Waals surface area (Å²) in [5, 5.41) is 0. The molecule has 2 aliphatic rings. The van der Waals surface area contributed by atoms with Gasteiger partial charge in [0.05, 0.1) is 13.2 Å². The van der Waals surface area contributed by atoms with Crippen LogP contribution in [0.1, 0.15) is 19.3 Å². The number of hydrogen-bond donors (Lipinski definition) is 0. The Hall–Kier alpha value is -1.03. The van der Waals surface area contributed by atoms with Gasteiger partial charge in [-0.2, -0.15) is 0 Å². The molecule has 0 unspecified atom stereocenters. The number of rotatable bonds is 2. The van der Waals surface area contributed by atoms with E-state index in [0.717, 1.165) is 52.2 Å². The van der Waals surface area contributed by atoms with Crippen LogP contribution in [-0.2, 0) is 9.53 Å². The fourth-order valence-corrected chi connectivity index (χ4v) is 2.12. The van der Waals surface area contributed by atoms with E-state index in [-0.39, 0.29) is 5.91 Å². The second kappa shape index (κ2) is 5.89. The zero-order valence-corrected chi connectivity index (χ0v) is 9.73. The van der Waals surface area contributed by atoms with Crippen molar-refractivity contribution in [2.45, 2.75) is 19.3 Å². The molecule has 1 amide bonds. The number of likely N-dealkylation sites (tertiary alicyclic amines) is 1. The zero-order valence-electron chi connectivity index (χ0n) is 9.73. The highest BCUT2D eigenvalue weighted by Gasteiger charge is 2.14. The molecular weight excluding hydrogens is 204 g/mol. The number of morpholine rings is 1. The Morgan fingerprint density at radius 2 is 1.69 bits per heavy atom. The predicted octanol–water partition coefficient (Wildman–Crippen LogP) is 0.845. The van der Waals surface area contributed by atoms with Crippen LogP contribution in [0.15, 0.2) is 12.3 Å². The molecule has 0 aromatic carbocycles. The Morgan fingerprint density at radius 1 is 1.00 bits per heavy atom. The van der Waals surface area contributed by atoms with Gasteiger partial charge in [-0.3, -0.25) is 4.79 Å². The molecule has 0 aromatic rings. The molecule has 0 saturated carbocycles. The largest absolute Gasteiger partial charge is 0.378 e. The number of nitrogens with zero attached hydrogens (tertiary/aromatic N) is 2. The first kappa shape index (κ1) is 11.5. The normalized spacial score (nSPS) is 22.8. The van der Waals surface area contributed by atoms with Crippen LogP contribution >= 0.6 is 0 Å². The Balaban J connectivity index is 1.78. The van der Waals surface area contributed by atoms with E-state index in [0.29, 0.717) is 0 Å². The lowest BCUT2D eigenvalue weighted by Gasteiger charge is -2.27. The third-order valence-corrected chi connectivity index (χ3v) is 3.14. The van der Waals surface area contributed by atoms with Crippen LogP contribution in [0.2, 0.25) is 0 Å². The Labute approximate surface area is 96.8 Å². The van der Waals surface area contributed by atoms with Crippen LogP contribution in [0.4, 0.5) is 0 Å². The summed E-state index contributed by atoms with van der Waals surface area (Å²) in [7, 11) is 0. The van der Waals surface area contributed by atoms with Gasteiger partial charge in [-0.1, -0.05) is 0 Å². The Bertz CT molecular complexity index is 254. The van der Waals surface area contributed by atoms with Gasteiger partial charge < -0.3 is 14.5 Å². The van der Waals surface area contributed by atoms with E-state index in [2.05, 4.69) is 4.90 Å². The minimum absolute atomic E-state index is 0.159. The molecule has 0 aliphatic carbocycles. The second-order valence-electron chi connectivity index (χ2n) is 4.35. The average Bonchev–Trinajstić information content (AvgIpc) is 2.38. The van der Waals surface area contributed by atoms with Crippen molar-refractivity contribution < 1.29 is 9.53 Å². The molecule has 0 N–H and O–H groups in total. The fourth-order valence-electron chi connectivity index (χ4n) is 2.12. The lowest BCUT2D eigenvalue weighted by molar-refractivity contribution is -0.126. The lowest BCUT2D eigenvalue weighted by atomic mass is 10.1. The van der Waals surface area contributed by atoms with Gasteiger partial charge in [0.1, 0.15) is 0 Å². The summed E-state index contributed by atoms with van der Waals surface area (Å²) < 4.78 is 5.25. The highest BCUT2D eigenvalue weighted by Crippen LogP contribution is 2.09. The van der Waals surface area contributed by atoms with Gasteiger partial charge in [0, 0.05) is 38.5 Å². The predicted molar refractivity (Wildman–Crippen MR) is 62.0 cm³/mol. The van der Waals surface area contributed by atoms with Gasteiger partial charge in [-0.15, -0.1) is 0 Å². The first-order valence-electron chi connectivity index (χ1n) is 6.15. The summed E-state index contributed by atoms with van der Waals surface area (Å²) in [6.45, 7) is 5.16. The molecule has 0 bridgehead atoms. The molecule has 2 aliphatic heterocycles. The molecule has 16 heavy (non-hydrogen) atoms. The van der Waals surface area contributed by atoms with E-state index in [1.807, 2.05) is 11.1 Å². The lowest BCUT2D eigenvalue weighted by Crippen LogP contribution is -2.36. The van der Waals surface area contributed by atoms with Gasteiger partial charge >= 0.3 is 0 Å². The molecule has 2 fully saturated rings. The summed E-state index contributed by atoms with van der Waals surface area (Å²) in [6, 6.07) is 0.